The van der Waals surface area contributed by atoms with Gasteiger partial charge in [0.1, 0.15) is 0 Å². The third-order valence-corrected chi connectivity index (χ3v) is 3.03. The van der Waals surface area contributed by atoms with Crippen molar-refractivity contribution in [1.82, 2.24) is 0 Å². The SMILES string of the molecule is C=CCOC(C=C)CCCCCCCCCC. The Labute approximate surface area is 108 Å². The lowest BCUT2D eigenvalue weighted by atomic mass is 10.1. The molecule has 1 heteroatoms. The first-order valence-corrected chi connectivity index (χ1v) is 7.20. The number of unbranched alkanes of at least 4 members (excludes halogenated alkanes) is 7. The van der Waals surface area contributed by atoms with Gasteiger partial charge in [0.15, 0.2) is 0 Å². The molecule has 0 aromatic carbocycles. The Balaban J connectivity index is 3.24. The van der Waals surface area contributed by atoms with Gasteiger partial charge in [0, 0.05) is 0 Å². The van der Waals surface area contributed by atoms with E-state index in [9.17, 15) is 0 Å². The Morgan fingerprint density at radius 3 is 2.06 bits per heavy atom. The van der Waals surface area contributed by atoms with Crippen molar-refractivity contribution in [2.75, 3.05) is 6.61 Å². The van der Waals surface area contributed by atoms with Crippen LogP contribution in [-0.4, -0.2) is 12.7 Å². The third-order valence-electron chi connectivity index (χ3n) is 3.03. The minimum absolute atomic E-state index is 0.216. The molecule has 0 rings (SSSR count). The fraction of sp³-hybridized carbons (Fsp3) is 0.750. The average molecular weight is 238 g/mol. The molecule has 0 saturated heterocycles. The number of hydrogen-bond donors (Lipinski definition) is 0. The van der Waals surface area contributed by atoms with Crippen LogP contribution in [0.5, 0.6) is 0 Å². The molecule has 0 spiro atoms. The van der Waals surface area contributed by atoms with E-state index in [0.717, 1.165) is 6.42 Å². The van der Waals surface area contributed by atoms with Crippen molar-refractivity contribution in [2.45, 2.75) is 70.8 Å². The molecule has 0 aliphatic rings. The summed E-state index contributed by atoms with van der Waals surface area (Å²) in [5.41, 5.74) is 0. The summed E-state index contributed by atoms with van der Waals surface area (Å²) in [4.78, 5) is 0. The van der Waals surface area contributed by atoms with Gasteiger partial charge in [0.2, 0.25) is 0 Å². The van der Waals surface area contributed by atoms with E-state index in [2.05, 4.69) is 20.1 Å². The van der Waals surface area contributed by atoms with Gasteiger partial charge in [-0.1, -0.05) is 70.4 Å². The zero-order chi connectivity index (χ0) is 12.8. The van der Waals surface area contributed by atoms with E-state index in [1.807, 2.05) is 6.08 Å². The first-order valence-electron chi connectivity index (χ1n) is 7.20. The Hall–Kier alpha value is -0.560. The van der Waals surface area contributed by atoms with Crippen molar-refractivity contribution in [3.05, 3.63) is 25.3 Å². The van der Waals surface area contributed by atoms with E-state index in [4.69, 9.17) is 4.74 Å². The van der Waals surface area contributed by atoms with Crippen LogP contribution in [-0.2, 0) is 4.74 Å². The van der Waals surface area contributed by atoms with E-state index >= 15 is 0 Å². The maximum atomic E-state index is 5.56. The number of ether oxygens (including phenoxy) is 1. The van der Waals surface area contributed by atoms with E-state index in [1.54, 1.807) is 6.08 Å². The van der Waals surface area contributed by atoms with Crippen LogP contribution in [0.15, 0.2) is 25.3 Å². The first kappa shape index (κ1) is 16.4. The van der Waals surface area contributed by atoms with Crippen LogP contribution in [0.4, 0.5) is 0 Å². The molecule has 0 aromatic rings. The summed E-state index contributed by atoms with van der Waals surface area (Å²) in [5, 5.41) is 0. The molecule has 1 unspecified atom stereocenters. The summed E-state index contributed by atoms with van der Waals surface area (Å²) in [6.45, 7) is 10.4. The zero-order valence-electron chi connectivity index (χ0n) is 11.6. The summed E-state index contributed by atoms with van der Waals surface area (Å²) in [7, 11) is 0. The lowest BCUT2D eigenvalue weighted by Crippen LogP contribution is -2.09. The summed E-state index contributed by atoms with van der Waals surface area (Å²) >= 11 is 0. The molecule has 0 fully saturated rings. The molecule has 1 atom stereocenters. The second kappa shape index (κ2) is 13.5. The molecule has 0 bridgehead atoms. The van der Waals surface area contributed by atoms with Crippen LogP contribution < -0.4 is 0 Å². The monoisotopic (exact) mass is 238 g/mol. The van der Waals surface area contributed by atoms with Crippen LogP contribution in [0.2, 0.25) is 0 Å². The van der Waals surface area contributed by atoms with E-state index < -0.39 is 0 Å². The Morgan fingerprint density at radius 2 is 1.53 bits per heavy atom. The highest BCUT2D eigenvalue weighted by Crippen LogP contribution is 2.12. The molecule has 0 aliphatic carbocycles. The quantitative estimate of drug-likeness (QED) is 0.313. The fourth-order valence-corrected chi connectivity index (χ4v) is 1.94. The van der Waals surface area contributed by atoms with Gasteiger partial charge in [-0.05, 0) is 6.42 Å². The van der Waals surface area contributed by atoms with Crippen molar-refractivity contribution in [3.8, 4) is 0 Å². The zero-order valence-corrected chi connectivity index (χ0v) is 11.6. The molecule has 17 heavy (non-hydrogen) atoms. The van der Waals surface area contributed by atoms with Crippen LogP contribution in [0, 0.1) is 0 Å². The molecule has 0 radical (unpaired) electrons. The van der Waals surface area contributed by atoms with Gasteiger partial charge >= 0.3 is 0 Å². The minimum Gasteiger partial charge on any atom is -0.370 e. The third kappa shape index (κ3) is 11.7. The summed E-state index contributed by atoms with van der Waals surface area (Å²) in [6, 6.07) is 0. The fourth-order valence-electron chi connectivity index (χ4n) is 1.94. The molecule has 0 aliphatic heterocycles. The predicted octanol–water partition coefficient (Wildman–Crippen LogP) is 5.27. The Kier molecular flexibility index (Phi) is 13.1. The van der Waals surface area contributed by atoms with Gasteiger partial charge in [-0.2, -0.15) is 0 Å². The van der Waals surface area contributed by atoms with Gasteiger partial charge < -0.3 is 4.74 Å². The highest BCUT2D eigenvalue weighted by molar-refractivity contribution is 4.81. The topological polar surface area (TPSA) is 9.23 Å². The van der Waals surface area contributed by atoms with Crippen LogP contribution in [0.1, 0.15) is 64.7 Å². The first-order chi connectivity index (χ1) is 8.35. The second-order valence-corrected chi connectivity index (χ2v) is 4.66. The van der Waals surface area contributed by atoms with E-state index in [1.165, 1.54) is 51.4 Å². The van der Waals surface area contributed by atoms with Gasteiger partial charge in [-0.15, -0.1) is 13.2 Å². The van der Waals surface area contributed by atoms with E-state index in [-0.39, 0.29) is 6.10 Å². The molecule has 0 aromatic heterocycles. The summed E-state index contributed by atoms with van der Waals surface area (Å²) < 4.78 is 5.56. The smallest absolute Gasteiger partial charge is 0.0757 e. The van der Waals surface area contributed by atoms with Crippen molar-refractivity contribution < 1.29 is 4.74 Å². The molecular formula is C16H30O. The lowest BCUT2D eigenvalue weighted by molar-refractivity contribution is 0.101. The molecule has 0 heterocycles. The molecule has 100 valence electrons. The summed E-state index contributed by atoms with van der Waals surface area (Å²) in [5.74, 6) is 0. The van der Waals surface area contributed by atoms with Gasteiger partial charge in [-0.3, -0.25) is 0 Å². The standard InChI is InChI=1S/C16H30O/c1-4-7-8-9-10-11-12-13-14-16(6-3)17-15-5-2/h5-6,16H,2-4,7-15H2,1H3. The Morgan fingerprint density at radius 1 is 0.941 bits per heavy atom. The number of hydrogen-bond acceptors (Lipinski definition) is 1. The minimum atomic E-state index is 0.216. The van der Waals surface area contributed by atoms with E-state index in [0.29, 0.717) is 6.61 Å². The number of rotatable bonds is 13. The predicted molar refractivity (Wildman–Crippen MR) is 77.4 cm³/mol. The maximum absolute atomic E-state index is 5.56. The van der Waals surface area contributed by atoms with Crippen molar-refractivity contribution in [1.29, 1.82) is 0 Å². The largest absolute Gasteiger partial charge is 0.370 e. The highest BCUT2D eigenvalue weighted by Gasteiger charge is 2.02. The van der Waals surface area contributed by atoms with Crippen LogP contribution in [0.25, 0.3) is 0 Å². The van der Waals surface area contributed by atoms with Crippen LogP contribution >= 0.6 is 0 Å². The lowest BCUT2D eigenvalue weighted by Gasteiger charge is -2.12. The van der Waals surface area contributed by atoms with Crippen molar-refractivity contribution >= 4 is 0 Å². The average Bonchev–Trinajstić information content (AvgIpc) is 2.36. The van der Waals surface area contributed by atoms with Gasteiger partial charge in [-0.25, -0.2) is 0 Å². The maximum Gasteiger partial charge on any atom is 0.0757 e. The van der Waals surface area contributed by atoms with Gasteiger partial charge in [0.05, 0.1) is 12.7 Å². The molecule has 0 saturated carbocycles. The second-order valence-electron chi connectivity index (χ2n) is 4.66. The van der Waals surface area contributed by atoms with Crippen molar-refractivity contribution in [3.63, 3.8) is 0 Å². The van der Waals surface area contributed by atoms with Crippen molar-refractivity contribution in [2.24, 2.45) is 0 Å². The van der Waals surface area contributed by atoms with Crippen LogP contribution in [0.3, 0.4) is 0 Å². The van der Waals surface area contributed by atoms with Gasteiger partial charge in [0.25, 0.3) is 0 Å². The molecule has 0 N–H and O–H groups in total. The molecule has 1 nitrogen and oxygen atoms in total. The molecular weight excluding hydrogens is 208 g/mol. The normalized spacial score (nSPS) is 12.3. The highest BCUT2D eigenvalue weighted by atomic mass is 16.5. The summed E-state index contributed by atoms with van der Waals surface area (Å²) in [6.07, 6.45) is 15.9. The molecule has 0 amide bonds. The Bertz CT molecular complexity index is 174.